The lowest BCUT2D eigenvalue weighted by Crippen LogP contribution is -2.32. The summed E-state index contributed by atoms with van der Waals surface area (Å²) < 4.78 is 0. The van der Waals surface area contributed by atoms with E-state index in [4.69, 9.17) is 0 Å². The number of hydrogen-bond acceptors (Lipinski definition) is 2. The largest absolute Gasteiger partial charge is 0.326 e. The van der Waals surface area contributed by atoms with Crippen molar-refractivity contribution in [2.75, 3.05) is 12.4 Å². The SMILES string of the molecule is CNC(Cc1ccc2c(c1)CC(=O)N2)C(C)C. The molecule has 3 heteroatoms. The van der Waals surface area contributed by atoms with Gasteiger partial charge in [-0.2, -0.15) is 0 Å². The average Bonchev–Trinajstić information content (AvgIpc) is 2.64. The Morgan fingerprint density at radius 1 is 1.41 bits per heavy atom. The Morgan fingerprint density at radius 3 is 2.82 bits per heavy atom. The standard InChI is InChI=1S/C14H20N2O/c1-9(2)13(15-3)7-10-4-5-12-11(6-10)8-14(17)16-12/h4-6,9,13,15H,7-8H2,1-3H3,(H,16,17). The topological polar surface area (TPSA) is 41.1 Å². The summed E-state index contributed by atoms with van der Waals surface area (Å²) in [6.45, 7) is 4.44. The molecule has 17 heavy (non-hydrogen) atoms. The second-order valence-electron chi connectivity index (χ2n) is 5.06. The number of amides is 1. The molecule has 1 aliphatic rings. The first-order valence-corrected chi connectivity index (χ1v) is 6.19. The smallest absolute Gasteiger partial charge is 0.228 e. The molecule has 1 atom stereocenters. The zero-order chi connectivity index (χ0) is 12.4. The van der Waals surface area contributed by atoms with Gasteiger partial charge in [-0.1, -0.05) is 26.0 Å². The molecule has 92 valence electrons. The van der Waals surface area contributed by atoms with Crippen molar-refractivity contribution in [3.05, 3.63) is 29.3 Å². The van der Waals surface area contributed by atoms with Gasteiger partial charge >= 0.3 is 0 Å². The third-order valence-corrected chi connectivity index (χ3v) is 3.43. The lowest BCUT2D eigenvalue weighted by Gasteiger charge is -2.20. The van der Waals surface area contributed by atoms with Gasteiger partial charge in [0.15, 0.2) is 0 Å². The fraction of sp³-hybridized carbons (Fsp3) is 0.500. The summed E-state index contributed by atoms with van der Waals surface area (Å²) >= 11 is 0. The third kappa shape index (κ3) is 2.67. The molecule has 0 aromatic heterocycles. The molecule has 0 bridgehead atoms. The molecule has 0 saturated carbocycles. The molecule has 1 unspecified atom stereocenters. The molecular weight excluding hydrogens is 212 g/mol. The minimum atomic E-state index is 0.103. The quantitative estimate of drug-likeness (QED) is 0.833. The van der Waals surface area contributed by atoms with Crippen molar-refractivity contribution in [2.24, 2.45) is 5.92 Å². The zero-order valence-corrected chi connectivity index (χ0v) is 10.7. The first-order chi connectivity index (χ1) is 8.10. The van der Waals surface area contributed by atoms with Crippen molar-refractivity contribution < 1.29 is 4.79 Å². The molecule has 0 radical (unpaired) electrons. The van der Waals surface area contributed by atoms with E-state index in [-0.39, 0.29) is 5.91 Å². The minimum Gasteiger partial charge on any atom is -0.326 e. The fourth-order valence-corrected chi connectivity index (χ4v) is 2.33. The molecule has 1 amide bonds. The highest BCUT2D eigenvalue weighted by atomic mass is 16.1. The van der Waals surface area contributed by atoms with Gasteiger partial charge in [-0.05, 0) is 36.6 Å². The molecule has 1 aromatic rings. The maximum atomic E-state index is 11.3. The summed E-state index contributed by atoms with van der Waals surface area (Å²) in [5, 5.41) is 6.20. The van der Waals surface area contributed by atoms with E-state index in [0.717, 1.165) is 17.7 Å². The molecule has 1 aliphatic heterocycles. The first kappa shape index (κ1) is 12.1. The van der Waals surface area contributed by atoms with Crippen LogP contribution in [0.25, 0.3) is 0 Å². The van der Waals surface area contributed by atoms with Crippen LogP contribution in [-0.2, 0) is 17.6 Å². The van der Waals surface area contributed by atoms with E-state index in [2.05, 4.69) is 36.6 Å². The average molecular weight is 232 g/mol. The number of nitrogens with one attached hydrogen (secondary N) is 2. The van der Waals surface area contributed by atoms with Crippen LogP contribution in [0.2, 0.25) is 0 Å². The second kappa shape index (κ2) is 4.88. The van der Waals surface area contributed by atoms with Crippen LogP contribution in [0.4, 0.5) is 5.69 Å². The molecule has 0 spiro atoms. The van der Waals surface area contributed by atoms with Crippen LogP contribution in [0.5, 0.6) is 0 Å². The monoisotopic (exact) mass is 232 g/mol. The molecule has 2 N–H and O–H groups in total. The van der Waals surface area contributed by atoms with Gasteiger partial charge in [-0.25, -0.2) is 0 Å². The Bertz CT molecular complexity index is 426. The lowest BCUT2D eigenvalue weighted by atomic mass is 9.95. The Labute approximate surface area is 103 Å². The van der Waals surface area contributed by atoms with Crippen LogP contribution in [0.15, 0.2) is 18.2 Å². The zero-order valence-electron chi connectivity index (χ0n) is 10.7. The first-order valence-electron chi connectivity index (χ1n) is 6.19. The molecule has 3 nitrogen and oxygen atoms in total. The van der Waals surface area contributed by atoms with Gasteiger partial charge in [0.25, 0.3) is 0 Å². The van der Waals surface area contributed by atoms with E-state index in [0.29, 0.717) is 18.4 Å². The van der Waals surface area contributed by atoms with Gasteiger partial charge < -0.3 is 10.6 Å². The van der Waals surface area contributed by atoms with Crippen molar-refractivity contribution in [3.8, 4) is 0 Å². The van der Waals surface area contributed by atoms with Gasteiger partial charge in [-0.3, -0.25) is 4.79 Å². The van der Waals surface area contributed by atoms with Gasteiger partial charge in [0.1, 0.15) is 0 Å². The van der Waals surface area contributed by atoms with Crippen molar-refractivity contribution in [3.63, 3.8) is 0 Å². The number of likely N-dealkylation sites (N-methyl/N-ethyl adjacent to an activating group) is 1. The van der Waals surface area contributed by atoms with E-state index in [1.165, 1.54) is 5.56 Å². The number of carbonyl (C=O) groups excluding carboxylic acids is 1. The van der Waals surface area contributed by atoms with Crippen LogP contribution < -0.4 is 10.6 Å². The van der Waals surface area contributed by atoms with Gasteiger partial charge in [0, 0.05) is 11.7 Å². The van der Waals surface area contributed by atoms with E-state index >= 15 is 0 Å². The fourth-order valence-electron chi connectivity index (χ4n) is 2.33. The van der Waals surface area contributed by atoms with Gasteiger partial charge in [-0.15, -0.1) is 0 Å². The Morgan fingerprint density at radius 2 is 2.18 bits per heavy atom. The summed E-state index contributed by atoms with van der Waals surface area (Å²) in [7, 11) is 2.00. The van der Waals surface area contributed by atoms with Crippen molar-refractivity contribution in [1.82, 2.24) is 5.32 Å². The van der Waals surface area contributed by atoms with E-state index in [1.54, 1.807) is 0 Å². The molecular formula is C14H20N2O. The van der Waals surface area contributed by atoms with E-state index < -0.39 is 0 Å². The molecule has 0 aliphatic carbocycles. The molecule has 1 heterocycles. The number of benzene rings is 1. The van der Waals surface area contributed by atoms with Crippen LogP contribution >= 0.6 is 0 Å². The van der Waals surface area contributed by atoms with Crippen molar-refractivity contribution in [1.29, 1.82) is 0 Å². The number of anilines is 1. The van der Waals surface area contributed by atoms with Gasteiger partial charge in [0.2, 0.25) is 5.91 Å². The van der Waals surface area contributed by atoms with Crippen LogP contribution in [0.1, 0.15) is 25.0 Å². The summed E-state index contributed by atoms with van der Waals surface area (Å²) in [6.07, 6.45) is 1.53. The van der Waals surface area contributed by atoms with Crippen molar-refractivity contribution >= 4 is 11.6 Å². The Kier molecular flexibility index (Phi) is 3.48. The van der Waals surface area contributed by atoms with Crippen LogP contribution in [0.3, 0.4) is 0 Å². The summed E-state index contributed by atoms with van der Waals surface area (Å²) in [5.74, 6) is 0.708. The number of carbonyl (C=O) groups is 1. The van der Waals surface area contributed by atoms with Gasteiger partial charge in [0.05, 0.1) is 6.42 Å². The Balaban J connectivity index is 2.13. The summed E-state index contributed by atoms with van der Waals surface area (Å²) in [5.41, 5.74) is 3.41. The molecule has 0 saturated heterocycles. The summed E-state index contributed by atoms with van der Waals surface area (Å²) in [6, 6.07) is 6.76. The van der Waals surface area contributed by atoms with E-state index in [1.807, 2.05) is 13.1 Å². The highest BCUT2D eigenvalue weighted by Gasteiger charge is 2.18. The minimum absolute atomic E-state index is 0.103. The number of hydrogen-bond donors (Lipinski definition) is 2. The van der Waals surface area contributed by atoms with Crippen molar-refractivity contribution in [2.45, 2.75) is 32.7 Å². The second-order valence-corrected chi connectivity index (χ2v) is 5.06. The predicted molar refractivity (Wildman–Crippen MR) is 70.2 cm³/mol. The Hall–Kier alpha value is -1.35. The summed E-state index contributed by atoms with van der Waals surface area (Å²) in [4.78, 5) is 11.3. The molecule has 1 aromatic carbocycles. The molecule has 0 fully saturated rings. The maximum Gasteiger partial charge on any atom is 0.228 e. The normalized spacial score (nSPS) is 15.9. The van der Waals surface area contributed by atoms with E-state index in [9.17, 15) is 4.79 Å². The number of fused-ring (bicyclic) bond motifs is 1. The van der Waals surface area contributed by atoms with Crippen LogP contribution in [0, 0.1) is 5.92 Å². The predicted octanol–water partition coefficient (Wildman–Crippen LogP) is 1.97. The molecule has 2 rings (SSSR count). The third-order valence-electron chi connectivity index (χ3n) is 3.43. The highest BCUT2D eigenvalue weighted by Crippen LogP contribution is 2.24. The lowest BCUT2D eigenvalue weighted by molar-refractivity contribution is -0.115. The highest BCUT2D eigenvalue weighted by molar-refractivity contribution is 5.99. The van der Waals surface area contributed by atoms with Crippen LogP contribution in [-0.4, -0.2) is 19.0 Å². The maximum absolute atomic E-state index is 11.3. The number of rotatable bonds is 4.